The van der Waals surface area contributed by atoms with Crippen molar-refractivity contribution in [3.8, 4) is 0 Å². The van der Waals surface area contributed by atoms with Crippen LogP contribution < -0.4 is 10.2 Å². The van der Waals surface area contributed by atoms with Gasteiger partial charge in [-0.1, -0.05) is 35.3 Å². The molecule has 2 aromatic rings. The molecule has 1 N–H and O–H groups in total. The molecule has 0 aliphatic carbocycles. The Hall–Kier alpha value is -1.92. The zero-order chi connectivity index (χ0) is 19.6. The standard InChI is InChI=1S/C19H17Cl2F3N2O/c20-15-3-1-2-4-17(15)25-18(27)14-6-5-13(11-16(14)21)26-9-7-12(8-10-26)19(22,23)24/h1-6,11-12H,7-10H2,(H,25,27). The highest BCUT2D eigenvalue weighted by molar-refractivity contribution is 6.36. The van der Waals surface area contributed by atoms with Gasteiger partial charge in [-0.2, -0.15) is 13.2 Å². The van der Waals surface area contributed by atoms with Crippen LogP contribution in [0.15, 0.2) is 42.5 Å². The summed E-state index contributed by atoms with van der Waals surface area (Å²) < 4.78 is 38.4. The van der Waals surface area contributed by atoms with E-state index in [0.29, 0.717) is 29.5 Å². The van der Waals surface area contributed by atoms with Gasteiger partial charge in [-0.15, -0.1) is 0 Å². The average molecular weight is 417 g/mol. The molecule has 2 aromatic carbocycles. The maximum Gasteiger partial charge on any atom is 0.391 e. The first-order chi connectivity index (χ1) is 12.8. The SMILES string of the molecule is O=C(Nc1ccccc1Cl)c1ccc(N2CCC(C(F)(F)F)CC2)cc1Cl. The Bertz CT molecular complexity index is 834. The van der Waals surface area contributed by atoms with E-state index >= 15 is 0 Å². The number of piperidine rings is 1. The van der Waals surface area contributed by atoms with Gasteiger partial charge in [0.25, 0.3) is 5.91 Å². The predicted octanol–water partition coefficient (Wildman–Crippen LogP) is 6.02. The van der Waals surface area contributed by atoms with E-state index in [-0.39, 0.29) is 23.4 Å². The van der Waals surface area contributed by atoms with Crippen molar-refractivity contribution in [1.82, 2.24) is 0 Å². The smallest absolute Gasteiger partial charge is 0.371 e. The average Bonchev–Trinajstić information content (AvgIpc) is 2.63. The van der Waals surface area contributed by atoms with Crippen molar-refractivity contribution in [2.24, 2.45) is 5.92 Å². The number of rotatable bonds is 3. The normalized spacial score (nSPS) is 15.7. The summed E-state index contributed by atoms with van der Waals surface area (Å²) in [5, 5.41) is 3.33. The summed E-state index contributed by atoms with van der Waals surface area (Å²) in [6.07, 6.45) is -4.05. The lowest BCUT2D eigenvalue weighted by molar-refractivity contribution is -0.179. The number of para-hydroxylation sites is 1. The van der Waals surface area contributed by atoms with E-state index in [9.17, 15) is 18.0 Å². The number of carbonyl (C=O) groups is 1. The highest BCUT2D eigenvalue weighted by Gasteiger charge is 2.41. The van der Waals surface area contributed by atoms with Crippen LogP contribution in [-0.2, 0) is 0 Å². The van der Waals surface area contributed by atoms with Gasteiger partial charge in [0.15, 0.2) is 0 Å². The number of amides is 1. The minimum Gasteiger partial charge on any atom is -0.371 e. The van der Waals surface area contributed by atoms with E-state index in [2.05, 4.69) is 5.32 Å². The summed E-state index contributed by atoms with van der Waals surface area (Å²) in [7, 11) is 0. The molecule has 3 nitrogen and oxygen atoms in total. The summed E-state index contributed by atoms with van der Waals surface area (Å²) in [4.78, 5) is 14.3. The molecular weight excluding hydrogens is 400 g/mol. The molecule has 0 atom stereocenters. The summed E-state index contributed by atoms with van der Waals surface area (Å²) >= 11 is 12.3. The lowest BCUT2D eigenvalue weighted by Gasteiger charge is -2.34. The number of hydrogen-bond donors (Lipinski definition) is 1. The van der Waals surface area contributed by atoms with E-state index in [4.69, 9.17) is 23.2 Å². The number of nitrogens with one attached hydrogen (secondary N) is 1. The van der Waals surface area contributed by atoms with E-state index in [1.54, 1.807) is 42.5 Å². The van der Waals surface area contributed by atoms with Gasteiger partial charge in [0, 0.05) is 18.8 Å². The second-order valence-corrected chi connectivity index (χ2v) is 7.22. The maximum atomic E-state index is 12.8. The number of anilines is 2. The third-order valence-electron chi connectivity index (χ3n) is 4.64. The van der Waals surface area contributed by atoms with Crippen LogP contribution in [-0.4, -0.2) is 25.2 Å². The van der Waals surface area contributed by atoms with E-state index in [1.165, 1.54) is 0 Å². The summed E-state index contributed by atoms with van der Waals surface area (Å²) in [5.74, 6) is -1.67. The number of benzene rings is 2. The molecule has 1 aliphatic heterocycles. The molecule has 0 unspecified atom stereocenters. The highest BCUT2D eigenvalue weighted by Crippen LogP contribution is 2.36. The predicted molar refractivity (Wildman–Crippen MR) is 102 cm³/mol. The van der Waals surface area contributed by atoms with Crippen LogP contribution >= 0.6 is 23.2 Å². The maximum absolute atomic E-state index is 12.8. The Morgan fingerprint density at radius 3 is 2.30 bits per heavy atom. The van der Waals surface area contributed by atoms with Gasteiger partial charge < -0.3 is 10.2 Å². The first-order valence-corrected chi connectivity index (χ1v) is 9.18. The summed E-state index contributed by atoms with van der Waals surface area (Å²) in [6.45, 7) is 0.595. The van der Waals surface area contributed by atoms with Gasteiger partial charge in [-0.05, 0) is 43.2 Å². The zero-order valence-electron chi connectivity index (χ0n) is 14.2. The van der Waals surface area contributed by atoms with Gasteiger partial charge in [-0.25, -0.2) is 0 Å². The largest absolute Gasteiger partial charge is 0.391 e. The molecule has 1 saturated heterocycles. The molecule has 0 radical (unpaired) electrons. The van der Waals surface area contributed by atoms with E-state index in [1.807, 2.05) is 4.90 Å². The van der Waals surface area contributed by atoms with Gasteiger partial charge in [0.1, 0.15) is 0 Å². The molecule has 0 spiro atoms. The first-order valence-electron chi connectivity index (χ1n) is 8.43. The lowest BCUT2D eigenvalue weighted by atomic mass is 9.96. The van der Waals surface area contributed by atoms with Gasteiger partial charge >= 0.3 is 6.18 Å². The Morgan fingerprint density at radius 2 is 1.70 bits per heavy atom. The van der Waals surface area contributed by atoms with Crippen molar-refractivity contribution in [1.29, 1.82) is 0 Å². The molecule has 144 valence electrons. The quantitative estimate of drug-likeness (QED) is 0.662. The van der Waals surface area contributed by atoms with Gasteiger partial charge in [0.05, 0.1) is 27.2 Å². The van der Waals surface area contributed by atoms with Crippen LogP contribution in [0, 0.1) is 5.92 Å². The number of halogens is 5. The summed E-state index contributed by atoms with van der Waals surface area (Å²) in [5.41, 5.74) is 1.44. The molecule has 0 saturated carbocycles. The molecule has 1 amide bonds. The fourth-order valence-electron chi connectivity index (χ4n) is 3.10. The number of nitrogens with zero attached hydrogens (tertiary/aromatic N) is 1. The molecule has 1 aliphatic rings. The van der Waals surface area contributed by atoms with Crippen molar-refractivity contribution in [3.05, 3.63) is 58.1 Å². The van der Waals surface area contributed by atoms with E-state index in [0.717, 1.165) is 0 Å². The molecule has 0 bridgehead atoms. The Morgan fingerprint density at radius 1 is 1.04 bits per heavy atom. The third-order valence-corrected chi connectivity index (χ3v) is 5.28. The zero-order valence-corrected chi connectivity index (χ0v) is 15.7. The Balaban J connectivity index is 1.69. The van der Waals surface area contributed by atoms with Crippen LogP contribution in [0.2, 0.25) is 10.0 Å². The molecule has 27 heavy (non-hydrogen) atoms. The Labute approximate surface area is 165 Å². The number of carbonyl (C=O) groups excluding carboxylic acids is 1. The molecule has 3 rings (SSSR count). The van der Waals surface area contributed by atoms with Crippen molar-refractivity contribution in [2.45, 2.75) is 19.0 Å². The summed E-state index contributed by atoms with van der Waals surface area (Å²) in [6, 6.07) is 11.7. The molecule has 8 heteroatoms. The van der Waals surface area contributed by atoms with Crippen molar-refractivity contribution >= 4 is 40.5 Å². The van der Waals surface area contributed by atoms with Gasteiger partial charge in [0.2, 0.25) is 0 Å². The molecular formula is C19H17Cl2F3N2O. The van der Waals surface area contributed by atoms with Crippen LogP contribution in [0.4, 0.5) is 24.5 Å². The Kier molecular flexibility index (Phi) is 5.86. The topological polar surface area (TPSA) is 32.3 Å². The van der Waals surface area contributed by atoms with Crippen LogP contribution in [0.3, 0.4) is 0 Å². The fraction of sp³-hybridized carbons (Fsp3) is 0.316. The minimum absolute atomic E-state index is 0.0515. The monoisotopic (exact) mass is 416 g/mol. The first kappa shape index (κ1) is 19.8. The molecule has 0 aromatic heterocycles. The van der Waals surface area contributed by atoms with Crippen molar-refractivity contribution < 1.29 is 18.0 Å². The molecule has 1 fully saturated rings. The van der Waals surface area contributed by atoms with Crippen LogP contribution in [0.5, 0.6) is 0 Å². The number of hydrogen-bond acceptors (Lipinski definition) is 2. The van der Waals surface area contributed by atoms with Crippen molar-refractivity contribution in [3.63, 3.8) is 0 Å². The minimum atomic E-state index is -4.15. The lowest BCUT2D eigenvalue weighted by Crippen LogP contribution is -2.39. The third kappa shape index (κ3) is 4.68. The molecule has 1 heterocycles. The fourth-order valence-corrected chi connectivity index (χ4v) is 3.55. The highest BCUT2D eigenvalue weighted by atomic mass is 35.5. The second-order valence-electron chi connectivity index (χ2n) is 6.40. The van der Waals surface area contributed by atoms with Crippen molar-refractivity contribution in [2.75, 3.05) is 23.3 Å². The van der Waals surface area contributed by atoms with Crippen LogP contribution in [0.1, 0.15) is 23.2 Å². The second kappa shape index (κ2) is 7.98. The van der Waals surface area contributed by atoms with E-state index < -0.39 is 18.0 Å². The van der Waals surface area contributed by atoms with Gasteiger partial charge in [-0.3, -0.25) is 4.79 Å². The number of alkyl halides is 3. The van der Waals surface area contributed by atoms with Crippen LogP contribution in [0.25, 0.3) is 0 Å².